The van der Waals surface area contributed by atoms with Crippen LogP contribution in [0.25, 0.3) is 0 Å². The summed E-state index contributed by atoms with van der Waals surface area (Å²) in [5.74, 6) is 0. The molecule has 3 heteroatoms. The van der Waals surface area contributed by atoms with Crippen molar-refractivity contribution >= 4 is 36.9 Å². The molecule has 0 aliphatic carbocycles. The Labute approximate surface area is 241 Å². The van der Waals surface area contributed by atoms with E-state index in [2.05, 4.69) is 140 Å². The monoisotopic (exact) mass is 554 g/mol. The first-order chi connectivity index (χ1) is 19.4. The number of hydrogen-bond acceptors (Lipinski definition) is 1. The van der Waals surface area contributed by atoms with E-state index in [0.29, 0.717) is 6.42 Å². The molecule has 0 aliphatic rings. The van der Waals surface area contributed by atoms with Crippen molar-refractivity contribution in [1.82, 2.24) is 0 Å². The normalized spacial score (nSPS) is 13.3. The molecule has 5 aromatic carbocycles. The first-order valence-corrected chi connectivity index (χ1v) is 19.1. The fourth-order valence-electron chi connectivity index (χ4n) is 6.17. The Morgan fingerprint density at radius 2 is 0.800 bits per heavy atom. The van der Waals surface area contributed by atoms with Gasteiger partial charge in [-0.1, -0.05) is 196 Å². The zero-order valence-electron chi connectivity index (χ0n) is 23.7. The van der Waals surface area contributed by atoms with Gasteiger partial charge in [0.2, 0.25) is 0 Å². The van der Waals surface area contributed by atoms with Crippen LogP contribution in [-0.4, -0.2) is 21.3 Å². The van der Waals surface area contributed by atoms with Crippen molar-refractivity contribution in [3.8, 4) is 0 Å². The molecule has 1 unspecified atom stereocenters. The Kier molecular flexibility index (Phi) is 8.18. The lowest BCUT2D eigenvalue weighted by atomic mass is 9.93. The van der Waals surface area contributed by atoms with Crippen molar-refractivity contribution in [2.45, 2.75) is 32.0 Å². The molecule has 0 radical (unpaired) electrons. The first-order valence-electron chi connectivity index (χ1n) is 14.1. The maximum atomic E-state index is 11.8. The van der Waals surface area contributed by atoms with Gasteiger partial charge >= 0.3 is 0 Å². The molecule has 1 N–H and O–H groups in total. The zero-order chi connectivity index (χ0) is 28.1. The highest BCUT2D eigenvalue weighted by Crippen LogP contribution is 2.31. The van der Waals surface area contributed by atoms with Crippen LogP contribution in [0.1, 0.15) is 18.9 Å². The second-order valence-electron chi connectivity index (χ2n) is 11.2. The fourth-order valence-corrected chi connectivity index (χ4v) is 18.3. The summed E-state index contributed by atoms with van der Waals surface area (Å²) in [5.41, 5.74) is -0.0473. The summed E-state index contributed by atoms with van der Waals surface area (Å²) in [5, 5.41) is 17.4. The summed E-state index contributed by atoms with van der Waals surface area (Å²) in [6.07, 6.45) is 2.97. The summed E-state index contributed by atoms with van der Waals surface area (Å²) < 4.78 is 0. The third-order valence-corrected chi connectivity index (χ3v) is 20.1. The van der Waals surface area contributed by atoms with Gasteiger partial charge in [0.05, 0.1) is 5.60 Å². The van der Waals surface area contributed by atoms with E-state index in [-0.39, 0.29) is 0 Å². The van der Waals surface area contributed by atoms with Crippen LogP contribution < -0.4 is 20.7 Å². The molecule has 1 atom stereocenters. The molecule has 0 saturated carbocycles. The lowest BCUT2D eigenvalue weighted by Gasteiger charge is -2.43. The van der Waals surface area contributed by atoms with Gasteiger partial charge in [0.15, 0.2) is 0 Å². The third-order valence-electron chi connectivity index (χ3n) is 8.58. The smallest absolute Gasteiger partial charge is 0.138 e. The van der Waals surface area contributed by atoms with Gasteiger partial charge in [0, 0.05) is 0 Å². The van der Waals surface area contributed by atoms with E-state index in [1.54, 1.807) is 0 Å². The predicted molar refractivity (Wildman–Crippen MR) is 176 cm³/mol. The maximum Gasteiger partial charge on any atom is 0.138 e. The Morgan fingerprint density at radius 3 is 1.10 bits per heavy atom. The Hall–Kier alpha value is -3.77. The SMILES string of the molecule is CC(O)(CC=C([Si](C)(c1ccccc1)c1ccccc1)[Si](C)(c1ccccc1)c1ccccc1)c1ccccc1. The maximum absolute atomic E-state index is 11.8. The Balaban J connectivity index is 1.84. The molecule has 40 heavy (non-hydrogen) atoms. The topological polar surface area (TPSA) is 20.2 Å². The van der Waals surface area contributed by atoms with Crippen LogP contribution in [0, 0.1) is 0 Å². The molecule has 0 spiro atoms. The number of hydrogen-bond donors (Lipinski definition) is 1. The van der Waals surface area contributed by atoms with Gasteiger partial charge in [-0.05, 0) is 18.9 Å². The largest absolute Gasteiger partial charge is 0.385 e. The number of rotatable bonds is 9. The minimum absolute atomic E-state index is 0.539. The first kappa shape index (κ1) is 27.8. The lowest BCUT2D eigenvalue weighted by molar-refractivity contribution is 0.0605. The molecule has 0 aromatic heterocycles. The molecule has 0 heterocycles. The molecule has 200 valence electrons. The van der Waals surface area contributed by atoms with Crippen LogP contribution in [0.5, 0.6) is 0 Å². The average Bonchev–Trinajstić information content (AvgIpc) is 3.03. The molecule has 0 saturated heterocycles. The molecule has 0 fully saturated rings. The number of aliphatic hydroxyl groups is 1. The van der Waals surface area contributed by atoms with E-state index in [4.69, 9.17) is 0 Å². The highest BCUT2D eigenvalue weighted by atomic mass is 28.4. The zero-order valence-corrected chi connectivity index (χ0v) is 25.7. The van der Waals surface area contributed by atoms with E-state index < -0.39 is 21.7 Å². The molecule has 1 nitrogen and oxygen atoms in total. The molecule has 0 aliphatic heterocycles. The van der Waals surface area contributed by atoms with Crippen molar-refractivity contribution in [1.29, 1.82) is 0 Å². The summed E-state index contributed by atoms with van der Waals surface area (Å²) in [7, 11) is -5.04. The number of benzene rings is 5. The standard InChI is InChI=1S/C37H38OSi2/c1-37(38,31-19-9-4-10-20-31)30-29-36(39(2,32-21-11-5-12-22-32)33-23-13-6-14-24-33)40(3,34-25-15-7-16-26-34)35-27-17-8-18-28-35/h4-29,38H,30H2,1-3H3. The molecular weight excluding hydrogens is 517 g/mol. The van der Waals surface area contributed by atoms with Crippen molar-refractivity contribution in [2.75, 3.05) is 0 Å². The van der Waals surface area contributed by atoms with Gasteiger partial charge in [-0.2, -0.15) is 0 Å². The quantitative estimate of drug-likeness (QED) is 0.219. The van der Waals surface area contributed by atoms with Crippen LogP contribution in [0.2, 0.25) is 13.1 Å². The van der Waals surface area contributed by atoms with Gasteiger partial charge in [0.25, 0.3) is 0 Å². The van der Waals surface area contributed by atoms with Crippen molar-refractivity contribution < 1.29 is 5.11 Å². The summed E-state index contributed by atoms with van der Waals surface area (Å²) in [6, 6.07) is 54.4. The summed E-state index contributed by atoms with van der Waals surface area (Å²) in [4.78, 5) is 1.51. The van der Waals surface area contributed by atoms with E-state index >= 15 is 0 Å². The Bertz CT molecular complexity index is 1360. The van der Waals surface area contributed by atoms with Crippen LogP contribution in [0.15, 0.2) is 163 Å². The van der Waals surface area contributed by atoms with Crippen molar-refractivity contribution in [3.63, 3.8) is 0 Å². The van der Waals surface area contributed by atoms with Crippen LogP contribution >= 0.6 is 0 Å². The van der Waals surface area contributed by atoms with Crippen LogP contribution in [0.3, 0.4) is 0 Å². The van der Waals surface area contributed by atoms with Crippen molar-refractivity contribution in [3.05, 3.63) is 168 Å². The molecule has 0 bridgehead atoms. The summed E-state index contributed by atoms with van der Waals surface area (Å²) >= 11 is 0. The fraction of sp³-hybridized carbons (Fsp3) is 0.135. The van der Waals surface area contributed by atoms with E-state index in [9.17, 15) is 5.11 Å². The minimum atomic E-state index is -2.52. The van der Waals surface area contributed by atoms with Crippen LogP contribution in [0.4, 0.5) is 0 Å². The molecule has 0 amide bonds. The molecule has 5 aromatic rings. The minimum Gasteiger partial charge on any atom is -0.385 e. The summed E-state index contributed by atoms with van der Waals surface area (Å²) in [6.45, 7) is 6.97. The molecular formula is C37H38OSi2. The Morgan fingerprint density at radius 1 is 0.525 bits per heavy atom. The van der Waals surface area contributed by atoms with Crippen LogP contribution in [-0.2, 0) is 5.60 Å². The van der Waals surface area contributed by atoms with Gasteiger partial charge in [-0.15, -0.1) is 0 Å². The van der Waals surface area contributed by atoms with E-state index in [1.807, 2.05) is 37.3 Å². The van der Waals surface area contributed by atoms with Gasteiger partial charge < -0.3 is 5.11 Å². The lowest BCUT2D eigenvalue weighted by Crippen LogP contribution is -2.70. The van der Waals surface area contributed by atoms with E-state index in [0.717, 1.165) is 5.56 Å². The third kappa shape index (κ3) is 5.33. The van der Waals surface area contributed by atoms with Gasteiger partial charge in [-0.25, -0.2) is 0 Å². The van der Waals surface area contributed by atoms with Crippen molar-refractivity contribution in [2.24, 2.45) is 0 Å². The average molecular weight is 555 g/mol. The van der Waals surface area contributed by atoms with E-state index in [1.165, 1.54) is 25.6 Å². The molecule has 5 rings (SSSR count). The second-order valence-corrected chi connectivity index (χ2v) is 19.6. The van der Waals surface area contributed by atoms with Gasteiger partial charge in [-0.3, -0.25) is 0 Å². The predicted octanol–water partition coefficient (Wildman–Crippen LogP) is 6.08. The highest BCUT2D eigenvalue weighted by molar-refractivity contribution is 7.24. The highest BCUT2D eigenvalue weighted by Gasteiger charge is 2.48. The van der Waals surface area contributed by atoms with Gasteiger partial charge in [0.1, 0.15) is 16.1 Å². The second kappa shape index (κ2) is 11.8.